The lowest BCUT2D eigenvalue weighted by atomic mass is 9.96. The smallest absolute Gasteiger partial charge is 0.0928 e. The van der Waals surface area contributed by atoms with E-state index in [9.17, 15) is 0 Å². The molecule has 0 spiro atoms. The molecule has 0 aromatic carbocycles. The Kier molecular flexibility index (Phi) is 7.44. The highest BCUT2D eigenvalue weighted by atomic mass is 35.5. The van der Waals surface area contributed by atoms with E-state index >= 15 is 0 Å². The number of nitrogens with zero attached hydrogens (tertiary/aromatic N) is 3. The number of hydrogen-bond donors (Lipinski definition) is 0. The van der Waals surface area contributed by atoms with Gasteiger partial charge in [0.2, 0.25) is 0 Å². The van der Waals surface area contributed by atoms with Gasteiger partial charge >= 0.3 is 0 Å². The van der Waals surface area contributed by atoms with Crippen molar-refractivity contribution >= 4 is 22.9 Å². The first-order valence-electron chi connectivity index (χ1n) is 8.03. The summed E-state index contributed by atoms with van der Waals surface area (Å²) in [5.74, 6) is 1.44. The highest BCUT2D eigenvalue weighted by Gasteiger charge is 2.17. The van der Waals surface area contributed by atoms with E-state index in [0.717, 1.165) is 18.0 Å². The molecule has 0 N–H and O–H groups in total. The van der Waals surface area contributed by atoms with Crippen LogP contribution in [0.5, 0.6) is 0 Å². The summed E-state index contributed by atoms with van der Waals surface area (Å²) in [5.41, 5.74) is 1.02. The second kappa shape index (κ2) is 9.09. The second-order valence-electron chi connectivity index (χ2n) is 6.33. The Morgan fingerprint density at radius 2 is 2.14 bits per heavy atom. The Morgan fingerprint density at radius 1 is 1.38 bits per heavy atom. The van der Waals surface area contributed by atoms with E-state index in [1.807, 2.05) is 0 Å². The molecule has 2 heterocycles. The molecular weight excluding hydrogens is 302 g/mol. The molecule has 0 atom stereocenters. The van der Waals surface area contributed by atoms with Crippen molar-refractivity contribution in [3.63, 3.8) is 0 Å². The van der Waals surface area contributed by atoms with Crippen molar-refractivity contribution < 1.29 is 0 Å². The molecule has 0 unspecified atom stereocenters. The van der Waals surface area contributed by atoms with Gasteiger partial charge in [0.25, 0.3) is 0 Å². The molecule has 1 aromatic heterocycles. The molecule has 1 saturated heterocycles. The number of piperidine rings is 1. The van der Waals surface area contributed by atoms with Crippen LogP contribution in [0.3, 0.4) is 0 Å². The van der Waals surface area contributed by atoms with Crippen LogP contribution in [-0.2, 0) is 12.3 Å². The highest BCUT2D eigenvalue weighted by molar-refractivity contribution is 7.09. The molecule has 2 rings (SSSR count). The van der Waals surface area contributed by atoms with Crippen LogP contribution in [-0.4, -0.2) is 55.1 Å². The van der Waals surface area contributed by atoms with E-state index in [-0.39, 0.29) is 0 Å². The van der Waals surface area contributed by atoms with Crippen LogP contribution in [0.4, 0.5) is 0 Å². The number of aryl methyl sites for hydroxylation is 1. The maximum Gasteiger partial charge on any atom is 0.0928 e. The molecule has 0 saturated carbocycles. The van der Waals surface area contributed by atoms with Crippen LogP contribution in [0, 0.1) is 5.92 Å². The van der Waals surface area contributed by atoms with Gasteiger partial charge in [-0.15, -0.1) is 22.9 Å². The normalized spacial score (nSPS) is 17.7. The summed E-state index contributed by atoms with van der Waals surface area (Å²) in [6, 6.07) is 0. The van der Waals surface area contributed by atoms with Gasteiger partial charge in [-0.05, 0) is 71.8 Å². The zero-order valence-electron chi connectivity index (χ0n) is 13.4. The van der Waals surface area contributed by atoms with Crippen LogP contribution in [0.15, 0.2) is 5.38 Å². The quantitative estimate of drug-likeness (QED) is 0.537. The predicted octanol–water partition coefficient (Wildman–Crippen LogP) is 3.48. The Balaban J connectivity index is 1.55. The second-order valence-corrected chi connectivity index (χ2v) is 7.54. The van der Waals surface area contributed by atoms with E-state index in [0.29, 0.717) is 5.88 Å². The lowest BCUT2D eigenvalue weighted by Gasteiger charge is -2.31. The van der Waals surface area contributed by atoms with Gasteiger partial charge in [0.1, 0.15) is 0 Å². The maximum absolute atomic E-state index is 5.78. The topological polar surface area (TPSA) is 19.4 Å². The third kappa shape index (κ3) is 6.23. The number of rotatable bonds is 8. The first kappa shape index (κ1) is 17.2. The fourth-order valence-corrected chi connectivity index (χ4v) is 4.03. The molecule has 0 amide bonds. The molecule has 3 nitrogen and oxygen atoms in total. The molecule has 0 aliphatic carbocycles. The summed E-state index contributed by atoms with van der Waals surface area (Å²) in [6.45, 7) is 5.01. The van der Waals surface area contributed by atoms with Gasteiger partial charge in [0, 0.05) is 11.9 Å². The molecule has 21 heavy (non-hydrogen) atoms. The Bertz CT molecular complexity index is 402. The van der Waals surface area contributed by atoms with Gasteiger partial charge in [-0.2, -0.15) is 0 Å². The number of likely N-dealkylation sites (tertiary alicyclic amines) is 1. The van der Waals surface area contributed by atoms with E-state index in [1.165, 1.54) is 56.9 Å². The lowest BCUT2D eigenvalue weighted by molar-refractivity contribution is 0.175. The first-order chi connectivity index (χ1) is 10.2. The molecule has 1 aromatic rings. The van der Waals surface area contributed by atoms with Crippen LogP contribution < -0.4 is 0 Å². The average molecular weight is 330 g/mol. The van der Waals surface area contributed by atoms with Crippen LogP contribution >= 0.6 is 22.9 Å². The SMILES string of the molecule is CN1CCC(CN(C)CCCCc2nc(CCl)cs2)CC1. The molecular formula is C16H28ClN3S. The summed E-state index contributed by atoms with van der Waals surface area (Å²) in [4.78, 5) is 9.47. The van der Waals surface area contributed by atoms with Crippen LogP contribution in [0.25, 0.3) is 0 Å². The van der Waals surface area contributed by atoms with Crippen molar-refractivity contribution in [2.75, 3.05) is 40.3 Å². The number of hydrogen-bond acceptors (Lipinski definition) is 4. The van der Waals surface area contributed by atoms with E-state index in [4.69, 9.17) is 11.6 Å². The minimum Gasteiger partial charge on any atom is -0.306 e. The number of halogens is 1. The number of unbranched alkanes of at least 4 members (excludes halogenated alkanes) is 1. The summed E-state index contributed by atoms with van der Waals surface area (Å²) in [6.07, 6.45) is 6.32. The van der Waals surface area contributed by atoms with Gasteiger partial charge in [0.15, 0.2) is 0 Å². The highest BCUT2D eigenvalue weighted by Crippen LogP contribution is 2.17. The summed E-state index contributed by atoms with van der Waals surface area (Å²) in [5, 5.41) is 3.32. The maximum atomic E-state index is 5.78. The molecule has 0 radical (unpaired) electrons. The number of aromatic nitrogens is 1. The number of thiazole rings is 1. The van der Waals surface area contributed by atoms with E-state index in [2.05, 4.69) is 34.3 Å². The van der Waals surface area contributed by atoms with Gasteiger partial charge < -0.3 is 9.80 Å². The standard InChI is InChI=1S/C16H28ClN3S/c1-19-9-6-14(7-10-19)12-20(2)8-4-3-5-16-18-15(11-17)13-21-16/h13-14H,3-12H2,1-2H3. The third-order valence-corrected chi connectivity index (χ3v) is 5.56. The molecule has 120 valence electrons. The Morgan fingerprint density at radius 3 is 2.81 bits per heavy atom. The van der Waals surface area contributed by atoms with Crippen molar-refractivity contribution in [2.45, 2.75) is 38.0 Å². The Hall–Kier alpha value is -0.160. The summed E-state index contributed by atoms with van der Waals surface area (Å²) < 4.78 is 0. The lowest BCUT2D eigenvalue weighted by Crippen LogP contribution is -2.36. The fourth-order valence-electron chi connectivity index (χ4n) is 2.96. The molecule has 5 heteroatoms. The Labute approximate surface area is 138 Å². The van der Waals surface area contributed by atoms with Crippen molar-refractivity contribution in [1.82, 2.24) is 14.8 Å². The molecule has 0 bridgehead atoms. The average Bonchev–Trinajstić information content (AvgIpc) is 2.94. The summed E-state index contributed by atoms with van der Waals surface area (Å²) in [7, 11) is 4.50. The predicted molar refractivity (Wildman–Crippen MR) is 92.3 cm³/mol. The minimum atomic E-state index is 0.538. The van der Waals surface area contributed by atoms with Crippen LogP contribution in [0.2, 0.25) is 0 Å². The van der Waals surface area contributed by atoms with Crippen molar-refractivity contribution in [2.24, 2.45) is 5.92 Å². The molecule has 1 aliphatic heterocycles. The molecule has 1 fully saturated rings. The molecule has 1 aliphatic rings. The van der Waals surface area contributed by atoms with Gasteiger partial charge in [-0.3, -0.25) is 0 Å². The first-order valence-corrected chi connectivity index (χ1v) is 9.45. The zero-order chi connectivity index (χ0) is 15.1. The largest absolute Gasteiger partial charge is 0.306 e. The van der Waals surface area contributed by atoms with Crippen molar-refractivity contribution in [3.8, 4) is 0 Å². The van der Waals surface area contributed by atoms with E-state index in [1.54, 1.807) is 11.3 Å². The van der Waals surface area contributed by atoms with Crippen LogP contribution in [0.1, 0.15) is 36.4 Å². The minimum absolute atomic E-state index is 0.538. The van der Waals surface area contributed by atoms with Crippen molar-refractivity contribution in [3.05, 3.63) is 16.1 Å². The van der Waals surface area contributed by atoms with Gasteiger partial charge in [-0.25, -0.2) is 4.98 Å². The van der Waals surface area contributed by atoms with Gasteiger partial charge in [0.05, 0.1) is 16.6 Å². The van der Waals surface area contributed by atoms with E-state index < -0.39 is 0 Å². The zero-order valence-corrected chi connectivity index (χ0v) is 14.9. The third-order valence-electron chi connectivity index (χ3n) is 4.32. The van der Waals surface area contributed by atoms with Crippen molar-refractivity contribution in [1.29, 1.82) is 0 Å². The monoisotopic (exact) mass is 329 g/mol. The summed E-state index contributed by atoms with van der Waals surface area (Å²) >= 11 is 7.53. The number of alkyl halides is 1. The fraction of sp³-hybridized carbons (Fsp3) is 0.812. The van der Waals surface area contributed by atoms with Gasteiger partial charge in [-0.1, -0.05) is 0 Å².